The zero-order valence-electron chi connectivity index (χ0n) is 12.7. The molecular formula is C17H24N2O2. The summed E-state index contributed by atoms with van der Waals surface area (Å²) in [5, 5.41) is 18.4. The number of aliphatic hydroxyl groups excluding tert-OH is 1. The van der Waals surface area contributed by atoms with Gasteiger partial charge in [0.25, 0.3) is 0 Å². The Morgan fingerprint density at radius 3 is 2.71 bits per heavy atom. The summed E-state index contributed by atoms with van der Waals surface area (Å²) in [7, 11) is 1.59. The Kier molecular flexibility index (Phi) is 6.04. The molecule has 0 aromatic heterocycles. The van der Waals surface area contributed by atoms with Crippen molar-refractivity contribution in [3.63, 3.8) is 0 Å². The number of benzene rings is 1. The van der Waals surface area contributed by atoms with Gasteiger partial charge in [-0.2, -0.15) is 5.26 Å². The number of methoxy groups -OCH3 is 1. The number of rotatable bonds is 6. The Labute approximate surface area is 127 Å². The van der Waals surface area contributed by atoms with Crippen molar-refractivity contribution in [1.82, 2.24) is 4.90 Å². The fourth-order valence-electron chi connectivity index (χ4n) is 3.13. The monoisotopic (exact) mass is 288 g/mol. The maximum Gasteiger partial charge on any atom is 0.136 e. The average molecular weight is 288 g/mol. The second-order valence-electron chi connectivity index (χ2n) is 5.63. The molecule has 0 spiro atoms. The van der Waals surface area contributed by atoms with Gasteiger partial charge in [-0.3, -0.25) is 4.90 Å². The molecule has 0 saturated heterocycles. The SMILES string of the molecule is COc1cc(CN(CCO)C2CCCCC2)ccc1C#N. The van der Waals surface area contributed by atoms with Crippen molar-refractivity contribution in [3.05, 3.63) is 29.3 Å². The molecule has 1 aromatic carbocycles. The summed E-state index contributed by atoms with van der Waals surface area (Å²) in [5.41, 5.74) is 1.69. The predicted octanol–water partition coefficient (Wildman–Crippen LogP) is 2.69. The first-order valence-corrected chi connectivity index (χ1v) is 7.70. The van der Waals surface area contributed by atoms with E-state index in [1.807, 2.05) is 18.2 Å². The van der Waals surface area contributed by atoms with Gasteiger partial charge < -0.3 is 9.84 Å². The van der Waals surface area contributed by atoms with Gasteiger partial charge in [-0.15, -0.1) is 0 Å². The Bertz CT molecular complexity index is 490. The lowest BCUT2D eigenvalue weighted by molar-refractivity contribution is 0.117. The molecule has 1 N–H and O–H groups in total. The van der Waals surface area contributed by atoms with Crippen molar-refractivity contribution in [2.75, 3.05) is 20.3 Å². The summed E-state index contributed by atoms with van der Waals surface area (Å²) in [6.07, 6.45) is 6.32. The third kappa shape index (κ3) is 4.20. The van der Waals surface area contributed by atoms with Crippen molar-refractivity contribution >= 4 is 0 Å². The van der Waals surface area contributed by atoms with Gasteiger partial charge in [0.15, 0.2) is 0 Å². The zero-order valence-corrected chi connectivity index (χ0v) is 12.7. The first-order chi connectivity index (χ1) is 10.3. The summed E-state index contributed by atoms with van der Waals surface area (Å²) in [5.74, 6) is 0.627. The summed E-state index contributed by atoms with van der Waals surface area (Å²) >= 11 is 0. The highest BCUT2D eigenvalue weighted by molar-refractivity contribution is 5.45. The van der Waals surface area contributed by atoms with E-state index in [2.05, 4.69) is 11.0 Å². The van der Waals surface area contributed by atoms with E-state index in [0.717, 1.165) is 12.1 Å². The standard InChI is InChI=1S/C17H24N2O2/c1-21-17-11-14(7-8-15(17)12-18)13-19(9-10-20)16-5-3-2-4-6-16/h7-8,11,16,20H,2-6,9-10,13H2,1H3. The molecule has 4 heteroatoms. The van der Waals surface area contributed by atoms with Crippen LogP contribution in [0.5, 0.6) is 5.75 Å². The fourth-order valence-corrected chi connectivity index (χ4v) is 3.13. The van der Waals surface area contributed by atoms with E-state index in [4.69, 9.17) is 10.00 Å². The minimum Gasteiger partial charge on any atom is -0.495 e. The first kappa shape index (κ1) is 15.8. The van der Waals surface area contributed by atoms with Crippen LogP contribution < -0.4 is 4.74 Å². The van der Waals surface area contributed by atoms with Crippen LogP contribution >= 0.6 is 0 Å². The summed E-state index contributed by atoms with van der Waals surface area (Å²) in [6.45, 7) is 1.68. The van der Waals surface area contributed by atoms with E-state index in [1.165, 1.54) is 32.1 Å². The van der Waals surface area contributed by atoms with Crippen molar-refractivity contribution < 1.29 is 9.84 Å². The van der Waals surface area contributed by atoms with E-state index >= 15 is 0 Å². The Morgan fingerprint density at radius 2 is 2.10 bits per heavy atom. The van der Waals surface area contributed by atoms with E-state index in [0.29, 0.717) is 23.9 Å². The number of nitrogens with zero attached hydrogens (tertiary/aromatic N) is 2. The number of ether oxygens (including phenoxy) is 1. The molecular weight excluding hydrogens is 264 g/mol. The van der Waals surface area contributed by atoms with Gasteiger partial charge in [-0.05, 0) is 30.5 Å². The van der Waals surface area contributed by atoms with Crippen molar-refractivity contribution in [1.29, 1.82) is 5.26 Å². The average Bonchev–Trinajstić information content (AvgIpc) is 2.55. The Balaban J connectivity index is 2.10. The molecule has 0 unspecified atom stereocenters. The minimum atomic E-state index is 0.184. The van der Waals surface area contributed by atoms with Gasteiger partial charge in [0, 0.05) is 19.1 Å². The maximum atomic E-state index is 9.32. The molecule has 0 aliphatic heterocycles. The van der Waals surface area contributed by atoms with E-state index in [1.54, 1.807) is 7.11 Å². The molecule has 0 amide bonds. The molecule has 0 radical (unpaired) electrons. The molecule has 0 atom stereocenters. The van der Waals surface area contributed by atoms with Gasteiger partial charge in [0.05, 0.1) is 19.3 Å². The van der Waals surface area contributed by atoms with Crippen LogP contribution in [0.3, 0.4) is 0 Å². The van der Waals surface area contributed by atoms with Crippen LogP contribution in [0, 0.1) is 11.3 Å². The van der Waals surface area contributed by atoms with Crippen molar-refractivity contribution in [3.8, 4) is 11.8 Å². The van der Waals surface area contributed by atoms with Crippen molar-refractivity contribution in [2.24, 2.45) is 0 Å². The minimum absolute atomic E-state index is 0.184. The lowest BCUT2D eigenvalue weighted by atomic mass is 9.93. The van der Waals surface area contributed by atoms with Crippen LogP contribution in [0.2, 0.25) is 0 Å². The zero-order chi connectivity index (χ0) is 15.1. The lowest BCUT2D eigenvalue weighted by Gasteiger charge is -2.34. The Hall–Kier alpha value is -1.57. The smallest absolute Gasteiger partial charge is 0.136 e. The second kappa shape index (κ2) is 8.02. The van der Waals surface area contributed by atoms with Crippen LogP contribution in [0.1, 0.15) is 43.2 Å². The molecule has 1 saturated carbocycles. The molecule has 0 bridgehead atoms. The van der Waals surface area contributed by atoms with Gasteiger partial charge in [0.2, 0.25) is 0 Å². The number of hydrogen-bond donors (Lipinski definition) is 1. The summed E-state index contributed by atoms with van der Waals surface area (Å²) in [6, 6.07) is 8.43. The van der Waals surface area contributed by atoms with Gasteiger partial charge >= 0.3 is 0 Å². The van der Waals surface area contributed by atoms with Crippen LogP contribution in [-0.4, -0.2) is 36.3 Å². The predicted molar refractivity (Wildman–Crippen MR) is 82.1 cm³/mol. The molecule has 114 valence electrons. The second-order valence-corrected chi connectivity index (χ2v) is 5.63. The number of aliphatic hydroxyl groups is 1. The molecule has 4 nitrogen and oxygen atoms in total. The summed E-state index contributed by atoms with van der Waals surface area (Å²) < 4.78 is 5.27. The maximum absolute atomic E-state index is 9.32. The highest BCUT2D eigenvalue weighted by Crippen LogP contribution is 2.25. The lowest BCUT2D eigenvalue weighted by Crippen LogP contribution is -2.38. The molecule has 1 aliphatic rings. The molecule has 0 heterocycles. The third-order valence-corrected chi connectivity index (χ3v) is 4.25. The van der Waals surface area contributed by atoms with E-state index < -0.39 is 0 Å². The van der Waals surface area contributed by atoms with Crippen LogP contribution in [0.25, 0.3) is 0 Å². The third-order valence-electron chi connectivity index (χ3n) is 4.25. The molecule has 21 heavy (non-hydrogen) atoms. The van der Waals surface area contributed by atoms with Gasteiger partial charge in [0.1, 0.15) is 11.8 Å². The van der Waals surface area contributed by atoms with Crippen LogP contribution in [0.4, 0.5) is 0 Å². The van der Waals surface area contributed by atoms with Crippen LogP contribution in [-0.2, 0) is 6.54 Å². The molecule has 1 aliphatic carbocycles. The van der Waals surface area contributed by atoms with Crippen LogP contribution in [0.15, 0.2) is 18.2 Å². The highest BCUT2D eigenvalue weighted by atomic mass is 16.5. The molecule has 2 rings (SSSR count). The topological polar surface area (TPSA) is 56.5 Å². The number of hydrogen-bond acceptors (Lipinski definition) is 4. The number of nitriles is 1. The van der Waals surface area contributed by atoms with Crippen molar-refractivity contribution in [2.45, 2.75) is 44.7 Å². The first-order valence-electron chi connectivity index (χ1n) is 7.70. The highest BCUT2D eigenvalue weighted by Gasteiger charge is 2.21. The largest absolute Gasteiger partial charge is 0.495 e. The molecule has 1 aromatic rings. The van der Waals surface area contributed by atoms with Gasteiger partial charge in [-0.1, -0.05) is 25.3 Å². The molecule has 1 fully saturated rings. The van der Waals surface area contributed by atoms with Gasteiger partial charge in [-0.25, -0.2) is 0 Å². The van der Waals surface area contributed by atoms with E-state index in [-0.39, 0.29) is 6.61 Å². The van der Waals surface area contributed by atoms with E-state index in [9.17, 15) is 5.11 Å². The summed E-state index contributed by atoms with van der Waals surface area (Å²) in [4.78, 5) is 2.36. The normalized spacial score (nSPS) is 15.9. The quantitative estimate of drug-likeness (QED) is 0.874. The Morgan fingerprint density at radius 1 is 1.33 bits per heavy atom. The fraction of sp³-hybridized carbons (Fsp3) is 0.588.